The Morgan fingerprint density at radius 1 is 1.25 bits per heavy atom. The second-order valence-corrected chi connectivity index (χ2v) is 6.49. The van der Waals surface area contributed by atoms with Crippen molar-refractivity contribution in [2.24, 2.45) is 5.92 Å². The van der Waals surface area contributed by atoms with Crippen LogP contribution in [0.3, 0.4) is 0 Å². The summed E-state index contributed by atoms with van der Waals surface area (Å²) in [7, 11) is 0. The van der Waals surface area contributed by atoms with Crippen LogP contribution in [0.1, 0.15) is 50.2 Å². The van der Waals surface area contributed by atoms with Gasteiger partial charge in [-0.3, -0.25) is 4.79 Å². The number of hydrogen-bond donors (Lipinski definition) is 1. The van der Waals surface area contributed by atoms with Crippen molar-refractivity contribution in [1.82, 2.24) is 5.32 Å². The summed E-state index contributed by atoms with van der Waals surface area (Å²) in [5, 5.41) is 2.86. The third kappa shape index (κ3) is 4.97. The van der Waals surface area contributed by atoms with Crippen molar-refractivity contribution in [3.8, 4) is 0 Å². The van der Waals surface area contributed by atoms with Gasteiger partial charge in [0.25, 0.3) is 0 Å². The fraction of sp³-hybridized carbons (Fsp3) is 0.611. The van der Waals surface area contributed by atoms with E-state index in [0.717, 1.165) is 18.9 Å². The lowest BCUT2D eigenvalue weighted by Crippen LogP contribution is -2.38. The van der Waals surface area contributed by atoms with Crippen LogP contribution in [0.2, 0.25) is 0 Å². The van der Waals surface area contributed by atoms with Crippen LogP contribution in [0.25, 0.3) is 0 Å². The first-order valence-corrected chi connectivity index (χ1v) is 8.32. The highest BCUT2D eigenvalue weighted by atomic mass is 19.4. The zero-order chi connectivity index (χ0) is 17.7. The van der Waals surface area contributed by atoms with Gasteiger partial charge in [0.1, 0.15) is 0 Å². The Morgan fingerprint density at radius 3 is 2.50 bits per heavy atom. The Hall–Kier alpha value is -1.56. The number of alkyl halides is 3. The summed E-state index contributed by atoms with van der Waals surface area (Å²) in [6.07, 6.45) is -2.28. The first-order valence-electron chi connectivity index (χ1n) is 8.32. The Balaban J connectivity index is 1.99. The zero-order valence-corrected chi connectivity index (χ0v) is 14.0. The molecule has 1 N–H and O–H groups in total. The van der Waals surface area contributed by atoms with Crippen LogP contribution in [0.5, 0.6) is 0 Å². The molecule has 1 fully saturated rings. The summed E-state index contributed by atoms with van der Waals surface area (Å²) in [6.45, 7) is 4.80. The predicted octanol–water partition coefficient (Wildman–Crippen LogP) is 4.13. The predicted molar refractivity (Wildman–Crippen MR) is 85.6 cm³/mol. The van der Waals surface area contributed by atoms with Gasteiger partial charge in [0, 0.05) is 31.6 Å². The summed E-state index contributed by atoms with van der Waals surface area (Å²) < 4.78 is 44.7. The molecule has 1 saturated heterocycles. The average molecular weight is 343 g/mol. The van der Waals surface area contributed by atoms with Crippen LogP contribution in [0.4, 0.5) is 13.2 Å². The largest absolute Gasteiger partial charge is 0.416 e. The van der Waals surface area contributed by atoms with Crippen molar-refractivity contribution in [1.29, 1.82) is 0 Å². The van der Waals surface area contributed by atoms with Gasteiger partial charge in [-0.15, -0.1) is 0 Å². The molecule has 1 aliphatic rings. The Bertz CT molecular complexity index is 553. The van der Waals surface area contributed by atoms with Gasteiger partial charge < -0.3 is 10.1 Å². The number of rotatable bonds is 5. The van der Waals surface area contributed by atoms with E-state index in [4.69, 9.17) is 4.74 Å². The molecule has 6 heteroatoms. The van der Waals surface area contributed by atoms with Crippen LogP contribution in [-0.4, -0.2) is 25.2 Å². The topological polar surface area (TPSA) is 38.3 Å². The maximum Gasteiger partial charge on any atom is 0.416 e. The van der Waals surface area contributed by atoms with Gasteiger partial charge in [-0.2, -0.15) is 13.2 Å². The normalized spacial score (nSPS) is 18.9. The highest BCUT2D eigenvalue weighted by Crippen LogP contribution is 2.36. The monoisotopic (exact) mass is 343 g/mol. The standard InChI is InChI=1S/C18H24F3NO2/c1-12(15-5-3-4-6-16(15)18(19,20)21)13(2)22-17(23)11-14-7-9-24-10-8-14/h3-6,12-14H,7-11H2,1-2H3,(H,22,23)/t12-,13+/m1/s1. The number of amides is 1. The first-order chi connectivity index (χ1) is 11.3. The second-order valence-electron chi connectivity index (χ2n) is 6.49. The summed E-state index contributed by atoms with van der Waals surface area (Å²) in [6, 6.07) is 5.17. The van der Waals surface area contributed by atoms with Gasteiger partial charge >= 0.3 is 6.18 Å². The Morgan fingerprint density at radius 2 is 1.88 bits per heavy atom. The quantitative estimate of drug-likeness (QED) is 0.873. The summed E-state index contributed by atoms with van der Waals surface area (Å²) in [4.78, 5) is 12.2. The van der Waals surface area contributed by atoms with E-state index in [1.54, 1.807) is 19.9 Å². The average Bonchev–Trinajstić information content (AvgIpc) is 2.54. The van der Waals surface area contributed by atoms with E-state index in [1.807, 2.05) is 0 Å². The molecule has 2 rings (SSSR count). The van der Waals surface area contributed by atoms with Gasteiger partial charge in [-0.1, -0.05) is 25.1 Å². The van der Waals surface area contributed by atoms with Crippen LogP contribution >= 0.6 is 0 Å². The molecule has 0 aromatic heterocycles. The highest BCUT2D eigenvalue weighted by Gasteiger charge is 2.35. The van der Waals surface area contributed by atoms with Gasteiger partial charge in [-0.05, 0) is 37.3 Å². The van der Waals surface area contributed by atoms with Crippen molar-refractivity contribution >= 4 is 5.91 Å². The fourth-order valence-corrected chi connectivity index (χ4v) is 3.07. The minimum Gasteiger partial charge on any atom is -0.381 e. The molecule has 3 nitrogen and oxygen atoms in total. The molecule has 2 atom stereocenters. The molecule has 1 aromatic rings. The highest BCUT2D eigenvalue weighted by molar-refractivity contribution is 5.76. The summed E-state index contributed by atoms with van der Waals surface area (Å²) in [5.41, 5.74) is -0.424. The number of halogens is 3. The number of nitrogens with one attached hydrogen (secondary N) is 1. The van der Waals surface area contributed by atoms with E-state index in [0.29, 0.717) is 25.6 Å². The second kappa shape index (κ2) is 8.01. The van der Waals surface area contributed by atoms with Gasteiger partial charge in [0.2, 0.25) is 5.91 Å². The number of hydrogen-bond acceptors (Lipinski definition) is 2. The van der Waals surface area contributed by atoms with Crippen molar-refractivity contribution in [3.05, 3.63) is 35.4 Å². The molecular formula is C18H24F3NO2. The molecule has 1 amide bonds. The molecular weight excluding hydrogens is 319 g/mol. The van der Waals surface area contributed by atoms with Gasteiger partial charge in [0.05, 0.1) is 5.56 Å². The van der Waals surface area contributed by atoms with E-state index in [-0.39, 0.29) is 17.5 Å². The van der Waals surface area contributed by atoms with E-state index in [1.165, 1.54) is 12.1 Å². The van der Waals surface area contributed by atoms with E-state index in [2.05, 4.69) is 5.32 Å². The number of carbonyl (C=O) groups is 1. The van der Waals surface area contributed by atoms with Crippen molar-refractivity contribution in [3.63, 3.8) is 0 Å². The molecule has 0 aliphatic carbocycles. The fourth-order valence-electron chi connectivity index (χ4n) is 3.07. The van der Waals surface area contributed by atoms with Crippen LogP contribution in [0, 0.1) is 5.92 Å². The minimum absolute atomic E-state index is 0.106. The summed E-state index contributed by atoms with van der Waals surface area (Å²) >= 11 is 0. The van der Waals surface area contributed by atoms with E-state index >= 15 is 0 Å². The minimum atomic E-state index is -4.39. The van der Waals surface area contributed by atoms with Crippen molar-refractivity contribution < 1.29 is 22.7 Å². The van der Waals surface area contributed by atoms with E-state index in [9.17, 15) is 18.0 Å². The van der Waals surface area contributed by atoms with Crippen LogP contribution in [0.15, 0.2) is 24.3 Å². The molecule has 1 heterocycles. The lowest BCUT2D eigenvalue weighted by atomic mass is 9.89. The molecule has 0 radical (unpaired) electrons. The lowest BCUT2D eigenvalue weighted by Gasteiger charge is -2.26. The zero-order valence-electron chi connectivity index (χ0n) is 14.0. The molecule has 1 aromatic carbocycles. The number of benzene rings is 1. The van der Waals surface area contributed by atoms with Gasteiger partial charge in [-0.25, -0.2) is 0 Å². The third-order valence-corrected chi connectivity index (χ3v) is 4.71. The number of ether oxygens (including phenoxy) is 1. The Labute approximate surface area is 140 Å². The molecule has 0 spiro atoms. The first kappa shape index (κ1) is 18.8. The number of carbonyl (C=O) groups excluding carboxylic acids is 1. The Kier molecular flexibility index (Phi) is 6.27. The molecule has 0 unspecified atom stereocenters. The molecule has 1 aliphatic heterocycles. The van der Waals surface area contributed by atoms with Crippen molar-refractivity contribution in [2.45, 2.75) is 51.2 Å². The van der Waals surface area contributed by atoms with Gasteiger partial charge in [0.15, 0.2) is 0 Å². The lowest BCUT2D eigenvalue weighted by molar-refractivity contribution is -0.138. The van der Waals surface area contributed by atoms with E-state index < -0.39 is 17.7 Å². The summed E-state index contributed by atoms with van der Waals surface area (Å²) in [5.74, 6) is -0.240. The molecule has 24 heavy (non-hydrogen) atoms. The smallest absolute Gasteiger partial charge is 0.381 e. The maximum absolute atomic E-state index is 13.1. The molecule has 0 bridgehead atoms. The molecule has 134 valence electrons. The van der Waals surface area contributed by atoms with Crippen LogP contribution < -0.4 is 5.32 Å². The van der Waals surface area contributed by atoms with Crippen molar-refractivity contribution in [2.75, 3.05) is 13.2 Å². The van der Waals surface area contributed by atoms with Crippen LogP contribution in [-0.2, 0) is 15.7 Å². The molecule has 0 saturated carbocycles. The maximum atomic E-state index is 13.1. The SMILES string of the molecule is C[C@H](NC(=O)CC1CCOCC1)[C@@H](C)c1ccccc1C(F)(F)F. The third-order valence-electron chi connectivity index (χ3n) is 4.71.